The fourth-order valence-corrected chi connectivity index (χ4v) is 2.40. The Balaban J connectivity index is 2.00. The Morgan fingerprint density at radius 3 is 2.45 bits per heavy atom. The van der Waals surface area contributed by atoms with E-state index in [2.05, 4.69) is 15.7 Å². The minimum atomic E-state index is 0.305. The van der Waals surface area contributed by atoms with Gasteiger partial charge in [0.1, 0.15) is 12.0 Å². The molecule has 1 radical (unpaired) electrons. The van der Waals surface area contributed by atoms with Crippen LogP contribution in [-0.4, -0.2) is 33.4 Å². The summed E-state index contributed by atoms with van der Waals surface area (Å²) in [5.74, 6) is 1.34. The number of carbonyl (C=O) groups excluding carboxylic acids is 1. The summed E-state index contributed by atoms with van der Waals surface area (Å²) in [6.45, 7) is 8.77. The predicted octanol–water partition coefficient (Wildman–Crippen LogP) is 3.20. The fraction of sp³-hybridized carbons (Fsp3) is 0.750. The standard InChI is InChI=1S/C16H28N3O/c1-4-18(5-2)16(20)11-9-7-6-8-10-13-19-14-12-17-15(19)3/h14H,4-11,13H2,1-3H3. The van der Waals surface area contributed by atoms with Crippen LogP contribution in [0.15, 0.2) is 6.20 Å². The average Bonchev–Trinajstić information content (AvgIpc) is 2.84. The number of imidazole rings is 1. The molecule has 0 aliphatic rings. The molecule has 0 bridgehead atoms. The van der Waals surface area contributed by atoms with E-state index in [1.165, 1.54) is 19.3 Å². The van der Waals surface area contributed by atoms with Crippen molar-refractivity contribution in [3.63, 3.8) is 0 Å². The molecular weight excluding hydrogens is 250 g/mol. The van der Waals surface area contributed by atoms with Gasteiger partial charge in [-0.25, -0.2) is 4.98 Å². The van der Waals surface area contributed by atoms with Crippen LogP contribution in [0.5, 0.6) is 0 Å². The summed E-state index contributed by atoms with van der Waals surface area (Å²) in [6, 6.07) is 0. The van der Waals surface area contributed by atoms with Crippen molar-refractivity contribution >= 4 is 5.91 Å². The highest BCUT2D eigenvalue weighted by Crippen LogP contribution is 2.08. The molecule has 0 fully saturated rings. The zero-order valence-electron chi connectivity index (χ0n) is 13.2. The van der Waals surface area contributed by atoms with E-state index in [1.54, 1.807) is 0 Å². The average molecular weight is 278 g/mol. The number of hydrogen-bond donors (Lipinski definition) is 0. The Labute approximate surface area is 123 Å². The third-order valence-corrected chi connectivity index (χ3v) is 3.76. The van der Waals surface area contributed by atoms with Crippen LogP contribution < -0.4 is 0 Å². The number of rotatable bonds is 10. The Kier molecular flexibility index (Phi) is 8.00. The zero-order chi connectivity index (χ0) is 14.8. The lowest BCUT2D eigenvalue weighted by Gasteiger charge is -2.18. The molecule has 1 aromatic rings. The maximum atomic E-state index is 11.8. The molecule has 0 spiro atoms. The van der Waals surface area contributed by atoms with E-state index in [1.807, 2.05) is 31.9 Å². The van der Waals surface area contributed by atoms with Crippen LogP contribution >= 0.6 is 0 Å². The van der Waals surface area contributed by atoms with Gasteiger partial charge in [0.15, 0.2) is 0 Å². The summed E-state index contributed by atoms with van der Waals surface area (Å²) in [5.41, 5.74) is 0. The van der Waals surface area contributed by atoms with Gasteiger partial charge in [0.05, 0.1) is 0 Å². The van der Waals surface area contributed by atoms with Gasteiger partial charge in [-0.3, -0.25) is 4.79 Å². The van der Waals surface area contributed by atoms with Gasteiger partial charge >= 0.3 is 0 Å². The first-order valence-corrected chi connectivity index (χ1v) is 7.86. The second-order valence-corrected chi connectivity index (χ2v) is 5.19. The molecule has 0 aromatic carbocycles. The smallest absolute Gasteiger partial charge is 0.222 e. The molecule has 0 saturated carbocycles. The van der Waals surface area contributed by atoms with Crippen LogP contribution in [0.1, 0.15) is 58.2 Å². The van der Waals surface area contributed by atoms with Crippen molar-refractivity contribution in [1.29, 1.82) is 0 Å². The highest BCUT2D eigenvalue weighted by atomic mass is 16.2. The molecule has 1 heterocycles. The van der Waals surface area contributed by atoms with Gasteiger partial charge in [-0.1, -0.05) is 19.3 Å². The Hall–Kier alpha value is -1.32. The van der Waals surface area contributed by atoms with Crippen LogP contribution in [-0.2, 0) is 11.3 Å². The maximum absolute atomic E-state index is 11.8. The third kappa shape index (κ3) is 5.76. The van der Waals surface area contributed by atoms with Crippen molar-refractivity contribution in [1.82, 2.24) is 14.5 Å². The number of hydrogen-bond acceptors (Lipinski definition) is 2. The Morgan fingerprint density at radius 1 is 1.20 bits per heavy atom. The summed E-state index contributed by atoms with van der Waals surface area (Å²) >= 11 is 0. The molecule has 0 saturated heterocycles. The van der Waals surface area contributed by atoms with Crippen LogP contribution in [0, 0.1) is 13.1 Å². The number of unbranched alkanes of at least 4 members (excludes halogenated alkanes) is 4. The summed E-state index contributed by atoms with van der Waals surface area (Å²) < 4.78 is 2.14. The van der Waals surface area contributed by atoms with Crippen molar-refractivity contribution < 1.29 is 4.79 Å². The molecule has 1 aromatic heterocycles. The number of aryl methyl sites for hydroxylation is 2. The molecule has 0 unspecified atom stereocenters. The number of carbonyl (C=O) groups is 1. The SMILES string of the molecule is CCN(CC)C(=O)CCCCCCCn1c[c]nc1C. The molecule has 1 amide bonds. The lowest BCUT2D eigenvalue weighted by atomic mass is 10.1. The molecular formula is C16H28N3O. The lowest BCUT2D eigenvalue weighted by molar-refractivity contribution is -0.130. The molecule has 1 rings (SSSR count). The second kappa shape index (κ2) is 9.56. The monoisotopic (exact) mass is 278 g/mol. The van der Waals surface area contributed by atoms with Crippen LogP contribution in [0.3, 0.4) is 0 Å². The Bertz CT molecular complexity index is 383. The molecule has 113 valence electrons. The van der Waals surface area contributed by atoms with Crippen molar-refractivity contribution in [2.45, 2.75) is 65.8 Å². The second-order valence-electron chi connectivity index (χ2n) is 5.19. The molecule has 0 aliphatic heterocycles. The molecule has 0 aliphatic carbocycles. The normalized spacial score (nSPS) is 10.8. The maximum Gasteiger partial charge on any atom is 0.222 e. The topological polar surface area (TPSA) is 38.1 Å². The Morgan fingerprint density at radius 2 is 1.85 bits per heavy atom. The quantitative estimate of drug-likeness (QED) is 0.616. The first-order valence-electron chi connectivity index (χ1n) is 7.86. The van der Waals surface area contributed by atoms with Crippen molar-refractivity contribution in [2.75, 3.05) is 13.1 Å². The van der Waals surface area contributed by atoms with Crippen LogP contribution in [0.25, 0.3) is 0 Å². The molecule has 4 nitrogen and oxygen atoms in total. The van der Waals surface area contributed by atoms with E-state index in [4.69, 9.17) is 0 Å². The minimum absolute atomic E-state index is 0.305. The summed E-state index contributed by atoms with van der Waals surface area (Å²) in [7, 11) is 0. The van der Waals surface area contributed by atoms with Gasteiger partial charge in [-0.15, -0.1) is 0 Å². The molecule has 20 heavy (non-hydrogen) atoms. The molecule has 4 heteroatoms. The lowest BCUT2D eigenvalue weighted by Crippen LogP contribution is -2.30. The summed E-state index contributed by atoms with van der Waals surface area (Å²) in [6.07, 6.45) is 11.3. The van der Waals surface area contributed by atoms with E-state index < -0.39 is 0 Å². The van der Waals surface area contributed by atoms with Crippen LogP contribution in [0.4, 0.5) is 0 Å². The van der Waals surface area contributed by atoms with Gasteiger partial charge in [-0.05, 0) is 33.6 Å². The van der Waals surface area contributed by atoms with Gasteiger partial charge < -0.3 is 9.47 Å². The summed E-state index contributed by atoms with van der Waals surface area (Å²) in [5, 5.41) is 0. The third-order valence-electron chi connectivity index (χ3n) is 3.76. The highest BCUT2D eigenvalue weighted by Gasteiger charge is 2.08. The van der Waals surface area contributed by atoms with Gasteiger partial charge in [0.2, 0.25) is 5.91 Å². The number of aromatic nitrogens is 2. The van der Waals surface area contributed by atoms with Gasteiger partial charge in [-0.2, -0.15) is 0 Å². The largest absolute Gasteiger partial charge is 0.343 e. The zero-order valence-corrected chi connectivity index (χ0v) is 13.2. The molecule has 0 N–H and O–H groups in total. The fourth-order valence-electron chi connectivity index (χ4n) is 2.40. The first kappa shape index (κ1) is 16.7. The van der Waals surface area contributed by atoms with Crippen molar-refractivity contribution in [2.24, 2.45) is 0 Å². The molecule has 0 atom stereocenters. The van der Waals surface area contributed by atoms with E-state index >= 15 is 0 Å². The minimum Gasteiger partial charge on any atom is -0.343 e. The van der Waals surface area contributed by atoms with Gasteiger partial charge in [0.25, 0.3) is 0 Å². The summed E-state index contributed by atoms with van der Waals surface area (Å²) in [4.78, 5) is 17.8. The van der Waals surface area contributed by atoms with E-state index in [9.17, 15) is 4.79 Å². The van der Waals surface area contributed by atoms with E-state index in [0.717, 1.165) is 38.3 Å². The number of amides is 1. The van der Waals surface area contributed by atoms with Crippen molar-refractivity contribution in [3.05, 3.63) is 18.2 Å². The van der Waals surface area contributed by atoms with E-state index in [-0.39, 0.29) is 0 Å². The van der Waals surface area contributed by atoms with Gasteiger partial charge in [0, 0.05) is 32.3 Å². The number of nitrogens with zero attached hydrogens (tertiary/aromatic N) is 3. The van der Waals surface area contributed by atoms with E-state index in [0.29, 0.717) is 12.3 Å². The van der Waals surface area contributed by atoms with Crippen molar-refractivity contribution in [3.8, 4) is 0 Å². The predicted molar refractivity (Wildman–Crippen MR) is 81.4 cm³/mol. The van der Waals surface area contributed by atoms with Crippen LogP contribution in [0.2, 0.25) is 0 Å². The highest BCUT2D eigenvalue weighted by molar-refractivity contribution is 5.75. The first-order chi connectivity index (χ1) is 9.69.